The van der Waals surface area contributed by atoms with Gasteiger partial charge in [0.15, 0.2) is 11.5 Å². The number of halogens is 6. The molecular formula is C43H29F6N3O6. The number of esters is 2. The Labute approximate surface area is 325 Å². The molecule has 4 aromatic carbocycles. The molecule has 0 saturated carbocycles. The second-order valence-electron chi connectivity index (χ2n) is 12.7. The van der Waals surface area contributed by atoms with Crippen molar-refractivity contribution in [2.75, 3.05) is 14.2 Å². The number of hydrogen-bond acceptors (Lipinski definition) is 9. The molecule has 9 nitrogen and oxygen atoms in total. The molecule has 0 amide bonds. The molecule has 2 atom stereocenters. The lowest BCUT2D eigenvalue weighted by molar-refractivity contribution is -0.273. The second kappa shape index (κ2) is 15.3. The van der Waals surface area contributed by atoms with Gasteiger partial charge in [0, 0.05) is 36.1 Å². The first kappa shape index (κ1) is 39.5. The first-order valence-corrected chi connectivity index (χ1v) is 17.3. The molecule has 7 aromatic rings. The number of methoxy groups -OCH3 is 2. The van der Waals surface area contributed by atoms with Gasteiger partial charge < -0.3 is 18.9 Å². The number of hydrogen-bond donors (Lipinski definition) is 0. The molecule has 0 fully saturated rings. The number of para-hydroxylation sites is 2. The van der Waals surface area contributed by atoms with Gasteiger partial charge in [0.2, 0.25) is 0 Å². The number of ether oxygens (including phenoxy) is 4. The third-order valence-electron chi connectivity index (χ3n) is 9.39. The maximum absolute atomic E-state index is 14.6. The molecule has 0 aliphatic carbocycles. The molecule has 3 heterocycles. The molecule has 0 saturated heterocycles. The fraction of sp³-hybridized carbons (Fsp3) is 0.140. The van der Waals surface area contributed by atoms with Gasteiger partial charge in [-0.2, -0.15) is 26.3 Å². The monoisotopic (exact) mass is 797 g/mol. The molecule has 3 aromatic heterocycles. The van der Waals surface area contributed by atoms with Gasteiger partial charge in [0.1, 0.15) is 11.0 Å². The zero-order valence-corrected chi connectivity index (χ0v) is 30.3. The van der Waals surface area contributed by atoms with E-state index in [9.17, 15) is 35.9 Å². The van der Waals surface area contributed by atoms with Crippen molar-refractivity contribution in [1.29, 1.82) is 0 Å². The molecule has 0 aliphatic heterocycles. The molecule has 7 rings (SSSR count). The number of rotatable bonds is 10. The minimum Gasteiger partial charge on any atom is -0.422 e. The summed E-state index contributed by atoms with van der Waals surface area (Å²) in [7, 11) is 1.53. The van der Waals surface area contributed by atoms with E-state index in [1.165, 1.54) is 60.7 Å². The van der Waals surface area contributed by atoms with Crippen LogP contribution >= 0.6 is 0 Å². The fourth-order valence-corrected chi connectivity index (χ4v) is 6.53. The van der Waals surface area contributed by atoms with Crippen molar-refractivity contribution in [2.45, 2.75) is 23.6 Å². The first-order valence-electron chi connectivity index (χ1n) is 17.3. The number of alkyl halides is 6. The van der Waals surface area contributed by atoms with Gasteiger partial charge in [-0.05, 0) is 36.4 Å². The van der Waals surface area contributed by atoms with Crippen LogP contribution in [0.2, 0.25) is 0 Å². The standard InChI is InChI=1S/C43H29F6N3O6/c1-55-40(42(44,45)46,28-14-5-3-6-15-28)38(53)57-34-20-9-12-26-22-24-32(51-36(26)34)30-18-11-19-31(50-30)33-25-23-27-13-10-21-35(37(27)52-33)58-39(54)41(56-2,43(47,48)49)29-16-7-4-8-17-29/h3-25H,1-2H3. The highest BCUT2D eigenvalue weighted by atomic mass is 19.4. The van der Waals surface area contributed by atoms with Crippen LogP contribution in [0.15, 0.2) is 140 Å². The van der Waals surface area contributed by atoms with Gasteiger partial charge in [0.25, 0.3) is 11.2 Å². The summed E-state index contributed by atoms with van der Waals surface area (Å²) in [5.74, 6) is -3.99. The summed E-state index contributed by atoms with van der Waals surface area (Å²) in [6.45, 7) is 0. The van der Waals surface area contributed by atoms with Gasteiger partial charge >= 0.3 is 24.3 Å². The molecule has 2 unspecified atom stereocenters. The van der Waals surface area contributed by atoms with Crippen molar-refractivity contribution in [3.63, 3.8) is 0 Å². The number of benzene rings is 4. The molecule has 0 N–H and O–H groups in total. The summed E-state index contributed by atoms with van der Waals surface area (Å²) in [4.78, 5) is 40.8. The topological polar surface area (TPSA) is 110 Å². The van der Waals surface area contributed by atoms with E-state index < -0.39 is 46.6 Å². The summed E-state index contributed by atoms with van der Waals surface area (Å²) in [6.07, 6.45) is -10.4. The number of nitrogens with zero attached hydrogens (tertiary/aromatic N) is 3. The third kappa shape index (κ3) is 6.88. The van der Waals surface area contributed by atoms with Crippen molar-refractivity contribution < 1.29 is 54.9 Å². The van der Waals surface area contributed by atoms with E-state index in [0.29, 0.717) is 10.8 Å². The Kier molecular flexibility index (Phi) is 10.4. The van der Waals surface area contributed by atoms with Crippen LogP contribution in [0, 0.1) is 0 Å². The van der Waals surface area contributed by atoms with Crippen molar-refractivity contribution in [2.24, 2.45) is 0 Å². The Morgan fingerprint density at radius 3 is 1.16 bits per heavy atom. The van der Waals surface area contributed by atoms with Crippen LogP contribution in [-0.2, 0) is 30.3 Å². The molecule has 294 valence electrons. The second-order valence-corrected chi connectivity index (χ2v) is 12.7. The Balaban J connectivity index is 1.23. The Morgan fingerprint density at radius 2 is 0.793 bits per heavy atom. The first-order chi connectivity index (χ1) is 27.7. The average molecular weight is 798 g/mol. The maximum Gasteiger partial charge on any atom is 0.432 e. The highest BCUT2D eigenvalue weighted by molar-refractivity contribution is 5.93. The van der Waals surface area contributed by atoms with Gasteiger partial charge in [-0.15, -0.1) is 0 Å². The van der Waals surface area contributed by atoms with Crippen LogP contribution in [-0.4, -0.2) is 53.5 Å². The predicted molar refractivity (Wildman–Crippen MR) is 199 cm³/mol. The molecule has 0 radical (unpaired) electrons. The average Bonchev–Trinajstić information content (AvgIpc) is 3.21. The summed E-state index contributed by atoms with van der Waals surface area (Å²) in [5, 5.41) is 0.877. The fourth-order valence-electron chi connectivity index (χ4n) is 6.53. The molecule has 15 heteroatoms. The van der Waals surface area contributed by atoms with E-state index >= 15 is 0 Å². The van der Waals surface area contributed by atoms with E-state index in [2.05, 4.69) is 15.0 Å². The maximum atomic E-state index is 14.6. The number of fused-ring (bicyclic) bond motifs is 2. The zero-order valence-electron chi connectivity index (χ0n) is 30.3. The van der Waals surface area contributed by atoms with Crippen LogP contribution in [0.5, 0.6) is 11.5 Å². The third-order valence-corrected chi connectivity index (χ3v) is 9.39. The Hall–Kier alpha value is -6.71. The van der Waals surface area contributed by atoms with E-state index in [0.717, 1.165) is 38.5 Å². The van der Waals surface area contributed by atoms with Crippen molar-refractivity contribution in [3.05, 3.63) is 151 Å². The Morgan fingerprint density at radius 1 is 0.431 bits per heavy atom. The molecule has 0 spiro atoms. The van der Waals surface area contributed by atoms with Crippen LogP contribution in [0.3, 0.4) is 0 Å². The molecule has 0 aliphatic rings. The lowest BCUT2D eigenvalue weighted by atomic mass is 9.92. The van der Waals surface area contributed by atoms with E-state index in [1.54, 1.807) is 54.6 Å². The number of carbonyl (C=O) groups is 2. The van der Waals surface area contributed by atoms with Gasteiger partial charge in [-0.1, -0.05) is 103 Å². The van der Waals surface area contributed by atoms with E-state index in [1.807, 2.05) is 0 Å². The summed E-state index contributed by atoms with van der Waals surface area (Å²) in [5.41, 5.74) is -6.68. The van der Waals surface area contributed by atoms with Crippen molar-refractivity contribution in [3.8, 4) is 34.3 Å². The van der Waals surface area contributed by atoms with E-state index in [-0.39, 0.29) is 45.3 Å². The quantitative estimate of drug-likeness (QED) is 0.0760. The number of carbonyl (C=O) groups excluding carboxylic acids is 2. The summed E-state index contributed by atoms with van der Waals surface area (Å²) >= 11 is 0. The molecular weight excluding hydrogens is 768 g/mol. The van der Waals surface area contributed by atoms with Crippen LogP contribution in [0.4, 0.5) is 26.3 Å². The van der Waals surface area contributed by atoms with E-state index in [4.69, 9.17) is 18.9 Å². The SMILES string of the molecule is COC(C(=O)Oc1cccc2ccc(-c3cccc(-c4ccc5cccc(OC(=O)C(OC)(c6ccccc6)C(F)(F)F)c5n4)n3)nc12)(c1ccccc1)C(F)(F)F. The molecule has 58 heavy (non-hydrogen) atoms. The minimum absolute atomic E-state index is 0.0533. The zero-order chi connectivity index (χ0) is 41.3. The Bertz CT molecular complexity index is 2470. The van der Waals surface area contributed by atoms with Crippen molar-refractivity contribution in [1.82, 2.24) is 15.0 Å². The highest BCUT2D eigenvalue weighted by Gasteiger charge is 2.65. The van der Waals surface area contributed by atoms with Crippen LogP contribution < -0.4 is 9.47 Å². The number of aromatic nitrogens is 3. The normalized spacial score (nSPS) is 14.1. The van der Waals surface area contributed by atoms with Crippen molar-refractivity contribution >= 4 is 33.7 Å². The minimum atomic E-state index is -5.20. The van der Waals surface area contributed by atoms with Gasteiger partial charge in [0.05, 0.1) is 22.8 Å². The van der Waals surface area contributed by atoms with Gasteiger partial charge in [-0.25, -0.2) is 24.5 Å². The van der Waals surface area contributed by atoms with Crippen LogP contribution in [0.1, 0.15) is 11.1 Å². The lowest BCUT2D eigenvalue weighted by Gasteiger charge is -2.32. The largest absolute Gasteiger partial charge is 0.432 e. The summed E-state index contributed by atoms with van der Waals surface area (Å²) in [6, 6.07) is 33.0. The highest BCUT2D eigenvalue weighted by Crippen LogP contribution is 2.45. The van der Waals surface area contributed by atoms with Gasteiger partial charge in [-0.3, -0.25) is 0 Å². The predicted octanol–water partition coefficient (Wildman–Crippen LogP) is 9.53. The van der Waals surface area contributed by atoms with Crippen LogP contribution in [0.25, 0.3) is 44.6 Å². The summed E-state index contributed by atoms with van der Waals surface area (Å²) < 4.78 is 108. The smallest absolute Gasteiger partial charge is 0.422 e. The molecule has 0 bridgehead atoms. The lowest BCUT2D eigenvalue weighted by Crippen LogP contribution is -2.52. The number of pyridine rings is 3.